The molecule has 2 N–H and O–H groups in total. The van der Waals surface area contributed by atoms with Crippen LogP contribution in [0, 0.1) is 0 Å². The molecule has 2 aromatic carbocycles. The van der Waals surface area contributed by atoms with Crippen molar-refractivity contribution in [3.63, 3.8) is 0 Å². The zero-order valence-electron chi connectivity index (χ0n) is 13.4. The van der Waals surface area contributed by atoms with Crippen molar-refractivity contribution < 1.29 is 9.59 Å². The molecule has 0 bridgehead atoms. The van der Waals surface area contributed by atoms with Gasteiger partial charge in [0.1, 0.15) is 0 Å². The van der Waals surface area contributed by atoms with E-state index in [0.29, 0.717) is 16.4 Å². The van der Waals surface area contributed by atoms with Crippen molar-refractivity contribution in [3.8, 4) is 0 Å². The first kappa shape index (κ1) is 16.3. The van der Waals surface area contributed by atoms with Crippen molar-refractivity contribution in [1.82, 2.24) is 9.97 Å². The molecule has 0 radical (unpaired) electrons. The van der Waals surface area contributed by atoms with E-state index in [1.165, 1.54) is 18.7 Å². The zero-order chi connectivity index (χ0) is 17.1. The van der Waals surface area contributed by atoms with E-state index < -0.39 is 0 Å². The number of ketones is 1. The molecule has 0 fully saturated rings. The predicted molar refractivity (Wildman–Crippen MR) is 96.5 cm³/mol. The maximum absolute atomic E-state index is 12.3. The van der Waals surface area contributed by atoms with Crippen LogP contribution in [0.1, 0.15) is 24.2 Å². The smallest absolute Gasteiger partial charge is 0.237 e. The van der Waals surface area contributed by atoms with Gasteiger partial charge in [-0.15, -0.1) is 0 Å². The number of Topliss-reactive ketones (excluding diaryl/α,β-unsaturated/α-hetero) is 1. The molecule has 3 aromatic rings. The Kier molecular flexibility index (Phi) is 4.66. The average Bonchev–Trinajstić information content (AvgIpc) is 2.97. The molecule has 0 saturated carbocycles. The number of hydrogen-bond donors (Lipinski definition) is 2. The maximum atomic E-state index is 12.3. The molecule has 5 nitrogen and oxygen atoms in total. The van der Waals surface area contributed by atoms with Crippen LogP contribution >= 0.6 is 11.8 Å². The van der Waals surface area contributed by atoms with Crippen molar-refractivity contribution >= 4 is 40.2 Å². The van der Waals surface area contributed by atoms with Gasteiger partial charge in [0.2, 0.25) is 5.91 Å². The molecule has 122 valence electrons. The van der Waals surface area contributed by atoms with Gasteiger partial charge in [-0.05, 0) is 50.2 Å². The topological polar surface area (TPSA) is 74.8 Å². The minimum atomic E-state index is -0.307. The molecular formula is C18H17N3O2S. The SMILES string of the molecule is CC(=O)c1ccc(NC(=O)[C@@H](C)Sc2nc3ccccc3[nH]2)cc1. The second kappa shape index (κ2) is 6.88. The highest BCUT2D eigenvalue weighted by atomic mass is 32.2. The second-order valence-electron chi connectivity index (χ2n) is 5.44. The number of benzene rings is 2. The van der Waals surface area contributed by atoms with Crippen molar-refractivity contribution in [2.75, 3.05) is 5.32 Å². The normalized spacial score (nSPS) is 12.1. The third kappa shape index (κ3) is 3.65. The van der Waals surface area contributed by atoms with Gasteiger partial charge in [0.15, 0.2) is 10.9 Å². The third-order valence-corrected chi connectivity index (χ3v) is 4.57. The third-order valence-electron chi connectivity index (χ3n) is 3.58. The van der Waals surface area contributed by atoms with Crippen LogP contribution in [-0.4, -0.2) is 26.9 Å². The summed E-state index contributed by atoms with van der Waals surface area (Å²) in [5, 5.41) is 3.26. The van der Waals surface area contributed by atoms with E-state index in [9.17, 15) is 9.59 Å². The van der Waals surface area contributed by atoms with Gasteiger partial charge in [0.05, 0.1) is 16.3 Å². The fraction of sp³-hybridized carbons (Fsp3) is 0.167. The summed E-state index contributed by atoms with van der Waals surface area (Å²) in [5.74, 6) is -0.113. The lowest BCUT2D eigenvalue weighted by molar-refractivity contribution is -0.115. The van der Waals surface area contributed by atoms with Crippen molar-refractivity contribution in [3.05, 3.63) is 54.1 Å². The quantitative estimate of drug-likeness (QED) is 0.546. The Morgan fingerprint density at radius 2 is 1.83 bits per heavy atom. The number of fused-ring (bicyclic) bond motifs is 1. The van der Waals surface area contributed by atoms with Crippen LogP contribution in [0.2, 0.25) is 0 Å². The highest BCUT2D eigenvalue weighted by molar-refractivity contribution is 8.00. The van der Waals surface area contributed by atoms with Crippen LogP contribution < -0.4 is 5.32 Å². The number of aromatic nitrogens is 2. The number of aromatic amines is 1. The van der Waals surface area contributed by atoms with Crippen LogP contribution in [-0.2, 0) is 4.79 Å². The van der Waals surface area contributed by atoms with Crippen LogP contribution in [0.15, 0.2) is 53.7 Å². The molecule has 1 heterocycles. The van der Waals surface area contributed by atoms with Gasteiger partial charge in [0, 0.05) is 11.3 Å². The van der Waals surface area contributed by atoms with E-state index in [1.54, 1.807) is 24.3 Å². The van der Waals surface area contributed by atoms with Crippen LogP contribution in [0.3, 0.4) is 0 Å². The lowest BCUT2D eigenvalue weighted by atomic mass is 10.1. The molecule has 6 heteroatoms. The van der Waals surface area contributed by atoms with Gasteiger partial charge in [0.25, 0.3) is 0 Å². The monoisotopic (exact) mass is 339 g/mol. The highest BCUT2D eigenvalue weighted by Gasteiger charge is 2.16. The van der Waals surface area contributed by atoms with Gasteiger partial charge in [-0.1, -0.05) is 23.9 Å². The van der Waals surface area contributed by atoms with E-state index in [-0.39, 0.29) is 16.9 Å². The molecule has 1 aromatic heterocycles. The summed E-state index contributed by atoms with van der Waals surface area (Å²) >= 11 is 1.37. The Balaban J connectivity index is 1.64. The Labute approximate surface area is 143 Å². The highest BCUT2D eigenvalue weighted by Crippen LogP contribution is 2.24. The molecule has 24 heavy (non-hydrogen) atoms. The van der Waals surface area contributed by atoms with Gasteiger partial charge in [-0.25, -0.2) is 4.98 Å². The summed E-state index contributed by atoms with van der Waals surface area (Å²) in [6.45, 7) is 3.34. The molecule has 0 spiro atoms. The number of anilines is 1. The molecule has 1 amide bonds. The first-order valence-electron chi connectivity index (χ1n) is 7.56. The predicted octanol–water partition coefficient (Wildman–Crippen LogP) is 3.88. The standard InChI is InChI=1S/C18H17N3O2S/c1-11(22)13-7-9-14(10-8-13)19-17(23)12(2)24-18-20-15-5-3-4-6-16(15)21-18/h3-10,12H,1-2H3,(H,19,23)(H,20,21)/t12-/m1/s1. The minimum Gasteiger partial charge on any atom is -0.333 e. The first-order chi connectivity index (χ1) is 11.5. The zero-order valence-corrected chi connectivity index (χ0v) is 14.2. The summed E-state index contributed by atoms with van der Waals surface area (Å²) in [4.78, 5) is 31.2. The van der Waals surface area contributed by atoms with E-state index in [2.05, 4.69) is 15.3 Å². The summed E-state index contributed by atoms with van der Waals surface area (Å²) in [5.41, 5.74) is 3.12. The number of amides is 1. The number of carbonyl (C=O) groups is 2. The summed E-state index contributed by atoms with van der Waals surface area (Å²) in [6, 6.07) is 14.6. The molecule has 0 saturated heterocycles. The first-order valence-corrected chi connectivity index (χ1v) is 8.44. The van der Waals surface area contributed by atoms with Crippen molar-refractivity contribution in [1.29, 1.82) is 0 Å². The fourth-order valence-electron chi connectivity index (χ4n) is 2.24. The number of nitrogens with one attached hydrogen (secondary N) is 2. The number of imidazole rings is 1. The molecule has 0 aliphatic heterocycles. The van der Waals surface area contributed by atoms with Crippen molar-refractivity contribution in [2.45, 2.75) is 24.3 Å². The number of H-pyrrole nitrogens is 1. The molecule has 0 aliphatic carbocycles. The molecule has 3 rings (SSSR count). The average molecular weight is 339 g/mol. The second-order valence-corrected chi connectivity index (χ2v) is 6.77. The van der Waals surface area contributed by atoms with Gasteiger partial charge in [-0.3, -0.25) is 9.59 Å². The molecule has 0 aliphatic rings. The lowest BCUT2D eigenvalue weighted by Gasteiger charge is -2.10. The van der Waals surface area contributed by atoms with E-state index in [4.69, 9.17) is 0 Å². The molecule has 1 atom stereocenters. The summed E-state index contributed by atoms with van der Waals surface area (Å²) in [6.07, 6.45) is 0. The number of hydrogen-bond acceptors (Lipinski definition) is 4. The van der Waals surface area contributed by atoms with E-state index in [1.807, 2.05) is 31.2 Å². The number of rotatable bonds is 5. The Morgan fingerprint density at radius 1 is 1.12 bits per heavy atom. The molecule has 0 unspecified atom stereocenters. The molecular weight excluding hydrogens is 322 g/mol. The van der Waals surface area contributed by atoms with Gasteiger partial charge < -0.3 is 10.3 Å². The van der Waals surface area contributed by atoms with E-state index in [0.717, 1.165) is 11.0 Å². The van der Waals surface area contributed by atoms with Gasteiger partial charge in [-0.2, -0.15) is 0 Å². The number of carbonyl (C=O) groups excluding carboxylic acids is 2. The van der Waals surface area contributed by atoms with E-state index >= 15 is 0 Å². The largest absolute Gasteiger partial charge is 0.333 e. The summed E-state index contributed by atoms with van der Waals surface area (Å²) in [7, 11) is 0. The number of nitrogens with zero attached hydrogens (tertiary/aromatic N) is 1. The lowest BCUT2D eigenvalue weighted by Crippen LogP contribution is -2.22. The maximum Gasteiger partial charge on any atom is 0.237 e. The van der Waals surface area contributed by atoms with Crippen LogP contribution in [0.5, 0.6) is 0 Å². The summed E-state index contributed by atoms with van der Waals surface area (Å²) < 4.78 is 0. The Bertz CT molecular complexity index is 854. The number of thioether (sulfide) groups is 1. The minimum absolute atomic E-state index is 0.00156. The van der Waals surface area contributed by atoms with Gasteiger partial charge >= 0.3 is 0 Å². The van der Waals surface area contributed by atoms with Crippen LogP contribution in [0.25, 0.3) is 11.0 Å². The van der Waals surface area contributed by atoms with Crippen LogP contribution in [0.4, 0.5) is 5.69 Å². The fourth-order valence-corrected chi connectivity index (χ4v) is 3.06. The Hall–Kier alpha value is -2.60. The number of para-hydroxylation sites is 2. The Morgan fingerprint density at radius 3 is 2.50 bits per heavy atom. The van der Waals surface area contributed by atoms with Crippen molar-refractivity contribution in [2.24, 2.45) is 0 Å².